The quantitative estimate of drug-likeness (QED) is 0.631. The molecule has 33 heavy (non-hydrogen) atoms. The van der Waals surface area contributed by atoms with E-state index in [2.05, 4.69) is 46.1 Å². The van der Waals surface area contributed by atoms with Crippen molar-refractivity contribution in [3.63, 3.8) is 0 Å². The maximum Gasteiger partial charge on any atom is 0.223 e. The number of carbonyl (C=O) groups excluding carboxylic acids is 2. The Hall–Kier alpha value is -2.69. The molecule has 1 N–H and O–H groups in total. The molecule has 1 aromatic heterocycles. The van der Waals surface area contributed by atoms with Crippen molar-refractivity contribution < 1.29 is 9.59 Å². The molecule has 0 spiro atoms. The Kier molecular flexibility index (Phi) is 6.48. The fraction of sp³-hybridized carbons (Fsp3) is 0.536. The van der Waals surface area contributed by atoms with Gasteiger partial charge >= 0.3 is 0 Å². The summed E-state index contributed by atoms with van der Waals surface area (Å²) in [4.78, 5) is 30.5. The average Bonchev–Trinajstić information content (AvgIpc) is 3.43. The molecule has 2 aromatic rings. The molecule has 0 radical (unpaired) electrons. The molecule has 1 unspecified atom stereocenters. The van der Waals surface area contributed by atoms with Gasteiger partial charge in [-0.05, 0) is 62.2 Å². The van der Waals surface area contributed by atoms with Crippen LogP contribution in [-0.4, -0.2) is 27.3 Å². The van der Waals surface area contributed by atoms with Crippen molar-refractivity contribution in [3.8, 4) is 0 Å². The van der Waals surface area contributed by atoms with Gasteiger partial charge in [-0.2, -0.15) is 0 Å². The molecule has 174 valence electrons. The van der Waals surface area contributed by atoms with Gasteiger partial charge in [0.1, 0.15) is 5.78 Å². The van der Waals surface area contributed by atoms with Crippen molar-refractivity contribution in [2.24, 2.45) is 11.8 Å². The van der Waals surface area contributed by atoms with Crippen molar-refractivity contribution in [2.75, 3.05) is 0 Å². The predicted octanol–water partition coefficient (Wildman–Crippen LogP) is 5.58. The minimum Gasteiger partial charge on any atom is -0.353 e. The topological polar surface area (TPSA) is 64.0 Å². The fourth-order valence-electron chi connectivity index (χ4n) is 6.20. The van der Waals surface area contributed by atoms with Crippen molar-refractivity contribution in [1.29, 1.82) is 0 Å². The summed E-state index contributed by atoms with van der Waals surface area (Å²) in [5.74, 6) is 0.684. The highest BCUT2D eigenvalue weighted by atomic mass is 16.2. The van der Waals surface area contributed by atoms with Gasteiger partial charge < -0.3 is 9.88 Å². The lowest BCUT2D eigenvalue weighted by Gasteiger charge is -2.30. The molecule has 1 atom stereocenters. The van der Waals surface area contributed by atoms with E-state index in [1.807, 2.05) is 18.6 Å². The highest BCUT2D eigenvalue weighted by Crippen LogP contribution is 2.44. The lowest BCUT2D eigenvalue weighted by atomic mass is 9.77. The average molecular weight is 446 g/mol. The molecule has 0 bridgehead atoms. The van der Waals surface area contributed by atoms with Crippen LogP contribution in [0.3, 0.4) is 0 Å². The van der Waals surface area contributed by atoms with Crippen LogP contribution in [0.2, 0.25) is 0 Å². The van der Waals surface area contributed by atoms with Crippen LogP contribution in [0, 0.1) is 11.8 Å². The summed E-state index contributed by atoms with van der Waals surface area (Å²) in [6, 6.07) is 10.8. The van der Waals surface area contributed by atoms with Crippen LogP contribution in [0.4, 0.5) is 0 Å². The standard InChI is InChI=1S/C28H35N3O2/c1-19-25-17-29-18-31(25)24(27(19)21-8-4-2-5-9-21)16-26(32)20-12-14-22(15-13-20)28(33)30-23-10-6-3-7-11-23/h2,4-5,8-9,17-18,20,22-24H,3,6-7,10-16H2,1H3,(H,30,33)/t20-,22-,24?. The normalized spacial score (nSPS) is 25.7. The number of benzene rings is 1. The van der Waals surface area contributed by atoms with Gasteiger partial charge in [0.25, 0.3) is 0 Å². The molecule has 5 heteroatoms. The molecule has 2 heterocycles. The number of Topliss-reactive ketones (excluding diaryl/α,β-unsaturated/α-hetero) is 1. The van der Waals surface area contributed by atoms with Gasteiger partial charge in [0.05, 0.1) is 24.3 Å². The monoisotopic (exact) mass is 445 g/mol. The van der Waals surface area contributed by atoms with E-state index in [-0.39, 0.29) is 23.8 Å². The molecule has 1 amide bonds. The number of amides is 1. The molecule has 3 aliphatic rings. The minimum absolute atomic E-state index is 0.00437. The molecule has 0 saturated heterocycles. The number of aromatic nitrogens is 2. The predicted molar refractivity (Wildman–Crippen MR) is 130 cm³/mol. The zero-order chi connectivity index (χ0) is 22.8. The smallest absolute Gasteiger partial charge is 0.223 e. The van der Waals surface area contributed by atoms with E-state index in [0.29, 0.717) is 18.2 Å². The summed E-state index contributed by atoms with van der Waals surface area (Å²) < 4.78 is 2.17. The minimum atomic E-state index is 0.00437. The van der Waals surface area contributed by atoms with Crippen LogP contribution >= 0.6 is 0 Å². The molecule has 5 rings (SSSR count). The summed E-state index contributed by atoms with van der Waals surface area (Å²) in [5, 5.41) is 3.29. The van der Waals surface area contributed by atoms with Crippen LogP contribution in [0.5, 0.6) is 0 Å². The van der Waals surface area contributed by atoms with Gasteiger partial charge in [0, 0.05) is 24.3 Å². The van der Waals surface area contributed by atoms with E-state index in [0.717, 1.165) is 44.2 Å². The Morgan fingerprint density at radius 1 is 0.970 bits per heavy atom. The first-order valence-corrected chi connectivity index (χ1v) is 12.7. The van der Waals surface area contributed by atoms with Gasteiger partial charge in [-0.1, -0.05) is 49.6 Å². The van der Waals surface area contributed by atoms with Crippen molar-refractivity contribution >= 4 is 22.8 Å². The zero-order valence-corrected chi connectivity index (χ0v) is 19.6. The van der Waals surface area contributed by atoms with Crippen molar-refractivity contribution in [2.45, 2.75) is 83.2 Å². The SMILES string of the molecule is CC1=C(c2ccccc2)C(CC(=O)[C@H]2CC[C@H](C(=O)NC3CCCCC3)CC2)n2cncc21. The molecular weight excluding hydrogens is 410 g/mol. The van der Waals surface area contributed by atoms with Gasteiger partial charge in [-0.25, -0.2) is 4.98 Å². The number of imidazole rings is 1. The van der Waals surface area contributed by atoms with E-state index < -0.39 is 0 Å². The van der Waals surface area contributed by atoms with Crippen molar-refractivity contribution in [1.82, 2.24) is 14.9 Å². The van der Waals surface area contributed by atoms with E-state index in [1.165, 1.54) is 36.0 Å². The van der Waals surface area contributed by atoms with Crippen LogP contribution in [0.1, 0.15) is 88.4 Å². The van der Waals surface area contributed by atoms with Gasteiger partial charge in [0.2, 0.25) is 5.91 Å². The highest BCUT2D eigenvalue weighted by Gasteiger charge is 2.35. The number of fused-ring (bicyclic) bond motifs is 1. The second-order valence-electron chi connectivity index (χ2n) is 10.2. The fourth-order valence-corrected chi connectivity index (χ4v) is 6.20. The Balaban J connectivity index is 1.21. The summed E-state index contributed by atoms with van der Waals surface area (Å²) >= 11 is 0. The Bertz CT molecular complexity index is 1020. The Morgan fingerprint density at radius 2 is 1.67 bits per heavy atom. The summed E-state index contributed by atoms with van der Waals surface area (Å²) in [5.41, 5.74) is 4.73. The van der Waals surface area contributed by atoms with Gasteiger partial charge in [0.15, 0.2) is 0 Å². The Morgan fingerprint density at radius 3 is 2.39 bits per heavy atom. The lowest BCUT2D eigenvalue weighted by molar-refractivity contribution is -0.130. The van der Waals surface area contributed by atoms with Crippen LogP contribution in [0.25, 0.3) is 11.1 Å². The van der Waals surface area contributed by atoms with E-state index in [9.17, 15) is 9.59 Å². The molecule has 2 saturated carbocycles. The zero-order valence-electron chi connectivity index (χ0n) is 19.6. The summed E-state index contributed by atoms with van der Waals surface area (Å²) in [6.45, 7) is 2.14. The van der Waals surface area contributed by atoms with Gasteiger partial charge in [-0.3, -0.25) is 9.59 Å². The summed E-state index contributed by atoms with van der Waals surface area (Å²) in [6.07, 6.45) is 13.6. The molecule has 1 aromatic carbocycles. The Labute approximate surface area is 196 Å². The first-order valence-electron chi connectivity index (χ1n) is 12.7. The first kappa shape index (κ1) is 22.1. The first-order chi connectivity index (χ1) is 16.1. The second kappa shape index (κ2) is 9.66. The lowest BCUT2D eigenvalue weighted by Crippen LogP contribution is -2.41. The van der Waals surface area contributed by atoms with Crippen LogP contribution in [0.15, 0.2) is 42.9 Å². The number of hydrogen-bond donors (Lipinski definition) is 1. The molecule has 1 aliphatic heterocycles. The number of carbonyl (C=O) groups is 2. The van der Waals surface area contributed by atoms with Crippen LogP contribution < -0.4 is 5.32 Å². The third-order valence-electron chi connectivity index (χ3n) is 8.11. The number of allylic oxidation sites excluding steroid dienone is 2. The number of hydrogen-bond acceptors (Lipinski definition) is 3. The molecule has 2 aliphatic carbocycles. The molecular formula is C28H35N3O2. The number of ketones is 1. The third kappa shape index (κ3) is 4.55. The number of nitrogens with zero attached hydrogens (tertiary/aromatic N) is 2. The van der Waals surface area contributed by atoms with Crippen molar-refractivity contribution in [3.05, 3.63) is 54.1 Å². The molecule has 5 nitrogen and oxygen atoms in total. The van der Waals surface area contributed by atoms with E-state index in [1.54, 1.807) is 0 Å². The van der Waals surface area contributed by atoms with Gasteiger partial charge in [-0.15, -0.1) is 0 Å². The largest absolute Gasteiger partial charge is 0.353 e. The van der Waals surface area contributed by atoms with E-state index >= 15 is 0 Å². The maximum absolute atomic E-state index is 13.4. The maximum atomic E-state index is 13.4. The highest BCUT2D eigenvalue weighted by molar-refractivity contribution is 5.96. The number of rotatable bonds is 6. The second-order valence-corrected chi connectivity index (χ2v) is 10.2. The molecule has 2 fully saturated rings. The summed E-state index contributed by atoms with van der Waals surface area (Å²) in [7, 11) is 0. The van der Waals surface area contributed by atoms with Crippen LogP contribution in [-0.2, 0) is 9.59 Å². The van der Waals surface area contributed by atoms with E-state index in [4.69, 9.17) is 0 Å². The third-order valence-corrected chi connectivity index (χ3v) is 8.11. The number of nitrogens with one attached hydrogen (secondary N) is 1.